The Morgan fingerprint density at radius 2 is 2.14 bits per heavy atom. The van der Waals surface area contributed by atoms with E-state index in [1.807, 2.05) is 11.8 Å². The second kappa shape index (κ2) is 4.88. The van der Waals surface area contributed by atoms with Crippen molar-refractivity contribution >= 4 is 5.91 Å². The second-order valence-corrected chi connectivity index (χ2v) is 6.52. The van der Waals surface area contributed by atoms with Crippen molar-refractivity contribution in [3.8, 4) is 11.5 Å². The van der Waals surface area contributed by atoms with E-state index in [9.17, 15) is 9.90 Å². The molecule has 0 radical (unpaired) electrons. The largest absolute Gasteiger partial charge is 0.507 e. The normalized spacial score (nSPS) is 29.8. The van der Waals surface area contributed by atoms with E-state index < -0.39 is 6.23 Å². The SMILES string of the molecule is COc1cc(O)c2c(c1C)C(=O)N1C2OCC2CCCCC21. The van der Waals surface area contributed by atoms with Gasteiger partial charge in [-0.3, -0.25) is 4.79 Å². The standard InChI is InChI=1S/C17H21NO4/c1-9-13(21-2)7-12(19)15-14(9)16(20)18-11-6-4-3-5-10(11)8-22-17(15)18/h7,10-11,17,19H,3-6,8H2,1-2H3. The number of nitrogens with zero attached hydrogens (tertiary/aromatic N) is 1. The van der Waals surface area contributed by atoms with Gasteiger partial charge in [0.05, 0.1) is 24.8 Å². The number of hydrogen-bond donors (Lipinski definition) is 1. The number of fused-ring (bicyclic) bond motifs is 5. The molecule has 1 aromatic rings. The van der Waals surface area contributed by atoms with Crippen molar-refractivity contribution in [2.24, 2.45) is 5.92 Å². The third-order valence-electron chi connectivity index (χ3n) is 5.42. The molecule has 0 aromatic heterocycles. The highest BCUT2D eigenvalue weighted by Crippen LogP contribution is 2.50. The number of methoxy groups -OCH3 is 1. The van der Waals surface area contributed by atoms with Gasteiger partial charge in [-0.25, -0.2) is 0 Å². The Hall–Kier alpha value is -1.75. The van der Waals surface area contributed by atoms with Crippen LogP contribution in [0.2, 0.25) is 0 Å². The zero-order chi connectivity index (χ0) is 15.4. The molecule has 1 saturated heterocycles. The van der Waals surface area contributed by atoms with Crippen LogP contribution in [0, 0.1) is 12.8 Å². The summed E-state index contributed by atoms with van der Waals surface area (Å²) in [6.45, 7) is 2.54. The molecule has 5 heteroatoms. The third-order valence-corrected chi connectivity index (χ3v) is 5.42. The lowest BCUT2D eigenvalue weighted by Gasteiger charge is -2.45. The molecule has 118 valence electrons. The number of carbonyl (C=O) groups is 1. The molecule has 1 saturated carbocycles. The van der Waals surface area contributed by atoms with E-state index in [1.54, 1.807) is 13.2 Å². The minimum Gasteiger partial charge on any atom is -0.507 e. The minimum atomic E-state index is -0.438. The van der Waals surface area contributed by atoms with Crippen LogP contribution in [-0.2, 0) is 4.74 Å². The summed E-state index contributed by atoms with van der Waals surface area (Å²) in [5, 5.41) is 10.4. The van der Waals surface area contributed by atoms with Crippen molar-refractivity contribution in [1.29, 1.82) is 0 Å². The highest BCUT2D eigenvalue weighted by molar-refractivity contribution is 6.02. The fourth-order valence-corrected chi connectivity index (χ4v) is 4.33. The molecule has 1 aromatic carbocycles. The summed E-state index contributed by atoms with van der Waals surface area (Å²) >= 11 is 0. The first kappa shape index (κ1) is 13.9. The number of aromatic hydroxyl groups is 1. The summed E-state index contributed by atoms with van der Waals surface area (Å²) in [6.07, 6.45) is 4.07. The van der Waals surface area contributed by atoms with Crippen molar-refractivity contribution in [2.45, 2.75) is 44.9 Å². The van der Waals surface area contributed by atoms with Gasteiger partial charge < -0.3 is 19.5 Å². The fraction of sp³-hybridized carbons (Fsp3) is 0.588. The number of rotatable bonds is 1. The van der Waals surface area contributed by atoms with Crippen molar-refractivity contribution in [2.75, 3.05) is 13.7 Å². The molecule has 3 unspecified atom stereocenters. The van der Waals surface area contributed by atoms with Gasteiger partial charge in [0.1, 0.15) is 11.5 Å². The van der Waals surface area contributed by atoms with Crippen LogP contribution in [0.1, 0.15) is 53.4 Å². The van der Waals surface area contributed by atoms with Gasteiger partial charge in [-0.05, 0) is 19.8 Å². The summed E-state index contributed by atoms with van der Waals surface area (Å²) in [7, 11) is 1.55. The van der Waals surface area contributed by atoms with E-state index in [4.69, 9.17) is 9.47 Å². The molecule has 0 bridgehead atoms. The lowest BCUT2D eigenvalue weighted by Crippen LogP contribution is -2.50. The number of amides is 1. The Balaban J connectivity index is 1.83. The number of carbonyl (C=O) groups excluding carboxylic acids is 1. The van der Waals surface area contributed by atoms with Crippen LogP contribution < -0.4 is 4.74 Å². The van der Waals surface area contributed by atoms with Crippen LogP contribution in [-0.4, -0.2) is 35.7 Å². The number of hydrogen-bond acceptors (Lipinski definition) is 4. The van der Waals surface area contributed by atoms with Gasteiger partial charge in [0.2, 0.25) is 0 Å². The monoisotopic (exact) mass is 303 g/mol. The van der Waals surface area contributed by atoms with Crippen LogP contribution in [0.4, 0.5) is 0 Å². The predicted octanol–water partition coefficient (Wildman–Crippen LogP) is 2.75. The van der Waals surface area contributed by atoms with Crippen LogP contribution in [0.25, 0.3) is 0 Å². The molecular weight excluding hydrogens is 282 g/mol. The van der Waals surface area contributed by atoms with Gasteiger partial charge in [-0.1, -0.05) is 12.8 Å². The van der Waals surface area contributed by atoms with Gasteiger partial charge in [0.15, 0.2) is 6.23 Å². The van der Waals surface area contributed by atoms with E-state index in [1.165, 1.54) is 6.42 Å². The maximum atomic E-state index is 13.0. The smallest absolute Gasteiger partial charge is 0.257 e. The molecular formula is C17H21NO4. The molecule has 22 heavy (non-hydrogen) atoms. The Morgan fingerprint density at radius 1 is 1.36 bits per heavy atom. The van der Waals surface area contributed by atoms with E-state index >= 15 is 0 Å². The summed E-state index contributed by atoms with van der Waals surface area (Å²) in [4.78, 5) is 14.9. The van der Waals surface area contributed by atoms with Gasteiger partial charge in [0.25, 0.3) is 5.91 Å². The van der Waals surface area contributed by atoms with Crippen molar-refractivity contribution in [3.63, 3.8) is 0 Å². The maximum Gasteiger partial charge on any atom is 0.257 e. The van der Waals surface area contributed by atoms with Crippen LogP contribution in [0.3, 0.4) is 0 Å². The average molecular weight is 303 g/mol. The molecule has 4 rings (SSSR count). The summed E-state index contributed by atoms with van der Waals surface area (Å²) < 4.78 is 11.3. The second-order valence-electron chi connectivity index (χ2n) is 6.52. The first-order valence-electron chi connectivity index (χ1n) is 7.98. The molecule has 0 spiro atoms. The fourth-order valence-electron chi connectivity index (χ4n) is 4.33. The molecule has 3 aliphatic rings. The quantitative estimate of drug-likeness (QED) is 0.866. The lowest BCUT2D eigenvalue weighted by molar-refractivity contribution is -0.135. The Kier molecular flexibility index (Phi) is 3.08. The Bertz CT molecular complexity index is 642. The number of ether oxygens (including phenoxy) is 2. The van der Waals surface area contributed by atoms with Gasteiger partial charge in [-0.15, -0.1) is 0 Å². The van der Waals surface area contributed by atoms with E-state index in [0.29, 0.717) is 29.4 Å². The molecule has 1 amide bonds. The highest BCUT2D eigenvalue weighted by Gasteiger charge is 2.50. The third kappa shape index (κ3) is 1.72. The lowest BCUT2D eigenvalue weighted by atomic mass is 9.83. The van der Waals surface area contributed by atoms with E-state index in [0.717, 1.165) is 24.8 Å². The maximum absolute atomic E-state index is 13.0. The summed E-state index contributed by atoms with van der Waals surface area (Å²) in [5.41, 5.74) is 1.96. The average Bonchev–Trinajstić information content (AvgIpc) is 2.85. The molecule has 2 heterocycles. The van der Waals surface area contributed by atoms with Crippen LogP contribution in [0.15, 0.2) is 6.07 Å². The highest BCUT2D eigenvalue weighted by atomic mass is 16.5. The first-order valence-corrected chi connectivity index (χ1v) is 7.98. The zero-order valence-corrected chi connectivity index (χ0v) is 13.0. The van der Waals surface area contributed by atoms with Crippen molar-refractivity contribution < 1.29 is 19.4 Å². The summed E-state index contributed by atoms with van der Waals surface area (Å²) in [5.74, 6) is 1.04. The number of phenolic OH excluding ortho intramolecular Hbond substituents is 1. The minimum absolute atomic E-state index is 0.0247. The first-order chi connectivity index (χ1) is 10.6. The van der Waals surface area contributed by atoms with Crippen molar-refractivity contribution in [1.82, 2.24) is 4.90 Å². The molecule has 1 N–H and O–H groups in total. The van der Waals surface area contributed by atoms with Gasteiger partial charge in [0, 0.05) is 23.6 Å². The topological polar surface area (TPSA) is 59.0 Å². The Morgan fingerprint density at radius 3 is 2.91 bits per heavy atom. The molecule has 3 atom stereocenters. The van der Waals surface area contributed by atoms with E-state index in [2.05, 4.69) is 0 Å². The van der Waals surface area contributed by atoms with Crippen LogP contribution in [0.5, 0.6) is 11.5 Å². The Labute approximate surface area is 129 Å². The molecule has 5 nitrogen and oxygen atoms in total. The van der Waals surface area contributed by atoms with Crippen LogP contribution >= 0.6 is 0 Å². The molecule has 1 aliphatic carbocycles. The molecule has 2 fully saturated rings. The zero-order valence-electron chi connectivity index (χ0n) is 13.0. The summed E-state index contributed by atoms with van der Waals surface area (Å²) in [6, 6.07) is 1.82. The predicted molar refractivity (Wildman–Crippen MR) is 80.0 cm³/mol. The molecule has 2 aliphatic heterocycles. The van der Waals surface area contributed by atoms with Crippen molar-refractivity contribution in [3.05, 3.63) is 22.8 Å². The van der Waals surface area contributed by atoms with E-state index in [-0.39, 0.29) is 17.7 Å². The van der Waals surface area contributed by atoms with Gasteiger partial charge in [-0.2, -0.15) is 0 Å². The van der Waals surface area contributed by atoms with Gasteiger partial charge >= 0.3 is 0 Å². The number of phenols is 1. The number of benzene rings is 1.